The third-order valence-electron chi connectivity index (χ3n) is 7.20. The molecule has 0 saturated heterocycles. The number of carbonyl (C=O) groups excluding carboxylic acids is 1. The molecule has 0 radical (unpaired) electrons. The number of benzene rings is 1. The van der Waals surface area contributed by atoms with Crippen LogP contribution < -0.4 is 5.32 Å². The van der Waals surface area contributed by atoms with Gasteiger partial charge < -0.3 is 9.73 Å². The third kappa shape index (κ3) is 3.96. The van der Waals surface area contributed by atoms with E-state index in [1.165, 1.54) is 61.4 Å². The average Bonchev–Trinajstić information content (AvgIpc) is 3.17. The van der Waals surface area contributed by atoms with Crippen molar-refractivity contribution in [1.82, 2.24) is 15.5 Å². The Bertz CT molecular complexity index is 858. The van der Waals surface area contributed by atoms with Crippen LogP contribution in [0.15, 0.2) is 33.9 Å². The van der Waals surface area contributed by atoms with Crippen LogP contribution in [0.5, 0.6) is 0 Å². The highest BCUT2D eigenvalue weighted by molar-refractivity contribution is 7.99. The second-order valence-electron chi connectivity index (χ2n) is 9.39. The van der Waals surface area contributed by atoms with Crippen molar-refractivity contribution in [3.63, 3.8) is 0 Å². The van der Waals surface area contributed by atoms with E-state index in [0.717, 1.165) is 30.1 Å². The number of amides is 1. The molecule has 4 saturated carbocycles. The Kier molecular flexibility index (Phi) is 5.14. The second kappa shape index (κ2) is 7.78. The molecule has 0 spiro atoms. The quantitative estimate of drug-likeness (QED) is 0.688. The normalized spacial score (nSPS) is 29.9. The largest absolute Gasteiger partial charge is 0.415 e. The number of thioether (sulfide) groups is 1. The SMILES string of the molecule is Cc1ccccc1CCNC(=O)CSc1nnc(C23CC4CC(CC(C4)C2)C3)o1. The van der Waals surface area contributed by atoms with E-state index in [4.69, 9.17) is 4.42 Å². The van der Waals surface area contributed by atoms with Gasteiger partial charge >= 0.3 is 0 Å². The third-order valence-corrected chi connectivity index (χ3v) is 8.02. The summed E-state index contributed by atoms with van der Waals surface area (Å²) in [6.45, 7) is 2.75. The van der Waals surface area contributed by atoms with Crippen LogP contribution in [0.2, 0.25) is 0 Å². The molecule has 4 aliphatic carbocycles. The lowest BCUT2D eigenvalue weighted by molar-refractivity contribution is -0.118. The van der Waals surface area contributed by atoms with Crippen molar-refractivity contribution in [3.05, 3.63) is 41.3 Å². The predicted molar refractivity (Wildman–Crippen MR) is 113 cm³/mol. The molecule has 4 bridgehead atoms. The summed E-state index contributed by atoms with van der Waals surface area (Å²) >= 11 is 1.35. The first-order valence-corrected chi connectivity index (χ1v) is 11.9. The van der Waals surface area contributed by atoms with Crippen molar-refractivity contribution < 1.29 is 9.21 Å². The first kappa shape index (κ1) is 19.2. The van der Waals surface area contributed by atoms with Crippen molar-refractivity contribution in [2.75, 3.05) is 12.3 Å². The lowest BCUT2D eigenvalue weighted by Crippen LogP contribution is -2.48. The molecule has 1 N–H and O–H groups in total. The Morgan fingerprint density at radius 2 is 1.83 bits per heavy atom. The van der Waals surface area contributed by atoms with E-state index in [0.29, 0.717) is 17.5 Å². The molecule has 2 aromatic rings. The van der Waals surface area contributed by atoms with Crippen molar-refractivity contribution in [2.24, 2.45) is 17.8 Å². The molecule has 6 heteroatoms. The van der Waals surface area contributed by atoms with Crippen molar-refractivity contribution >= 4 is 17.7 Å². The number of nitrogens with one attached hydrogen (secondary N) is 1. The van der Waals surface area contributed by atoms with Gasteiger partial charge in [0.05, 0.1) is 5.75 Å². The number of hydrogen-bond acceptors (Lipinski definition) is 5. The standard InChI is InChI=1S/C23H29N3O2S/c1-15-4-2-3-5-19(15)6-7-24-20(27)14-29-22-26-25-21(28-22)23-11-16-8-17(12-23)10-18(9-16)13-23/h2-5,16-18H,6-14H2,1H3,(H,24,27). The number of aryl methyl sites for hydroxylation is 1. The lowest BCUT2D eigenvalue weighted by atomic mass is 9.49. The highest BCUT2D eigenvalue weighted by Crippen LogP contribution is 2.60. The molecular formula is C23H29N3O2S. The Labute approximate surface area is 176 Å². The van der Waals surface area contributed by atoms with Crippen LogP contribution in [0.25, 0.3) is 0 Å². The Balaban J connectivity index is 1.12. The molecule has 4 aliphatic rings. The van der Waals surface area contributed by atoms with Crippen LogP contribution in [0, 0.1) is 24.7 Å². The first-order valence-electron chi connectivity index (χ1n) is 10.9. The molecule has 0 aliphatic heterocycles. The van der Waals surface area contributed by atoms with E-state index >= 15 is 0 Å². The second-order valence-corrected chi connectivity index (χ2v) is 10.3. The van der Waals surface area contributed by atoms with Crippen molar-refractivity contribution in [1.29, 1.82) is 0 Å². The maximum Gasteiger partial charge on any atom is 0.277 e. The summed E-state index contributed by atoms with van der Waals surface area (Å²) in [6.07, 6.45) is 8.69. The monoisotopic (exact) mass is 411 g/mol. The van der Waals surface area contributed by atoms with Crippen LogP contribution in [-0.4, -0.2) is 28.4 Å². The summed E-state index contributed by atoms with van der Waals surface area (Å²) in [5.41, 5.74) is 2.66. The van der Waals surface area contributed by atoms with Crippen molar-refractivity contribution in [3.8, 4) is 0 Å². The zero-order chi connectivity index (χ0) is 19.8. The maximum atomic E-state index is 12.2. The summed E-state index contributed by atoms with van der Waals surface area (Å²) in [7, 11) is 0. The fourth-order valence-corrected chi connectivity index (χ4v) is 6.85. The fourth-order valence-electron chi connectivity index (χ4n) is 6.26. The van der Waals surface area contributed by atoms with Gasteiger partial charge in [0.1, 0.15) is 0 Å². The van der Waals surface area contributed by atoms with Gasteiger partial charge in [-0.3, -0.25) is 4.79 Å². The van der Waals surface area contributed by atoms with Gasteiger partial charge in [-0.2, -0.15) is 0 Å². The van der Waals surface area contributed by atoms with E-state index < -0.39 is 0 Å². The van der Waals surface area contributed by atoms with Gasteiger partial charge in [0.2, 0.25) is 11.8 Å². The minimum absolute atomic E-state index is 0.0122. The molecule has 4 fully saturated rings. The summed E-state index contributed by atoms with van der Waals surface area (Å²) in [6, 6.07) is 8.29. The molecular weight excluding hydrogens is 382 g/mol. The highest BCUT2D eigenvalue weighted by atomic mass is 32.2. The van der Waals surface area contributed by atoms with Crippen LogP contribution in [0.4, 0.5) is 0 Å². The zero-order valence-corrected chi connectivity index (χ0v) is 17.8. The van der Waals surface area contributed by atoms with E-state index in [1.54, 1.807) is 0 Å². The van der Waals surface area contributed by atoms with Crippen LogP contribution in [-0.2, 0) is 16.6 Å². The molecule has 1 aromatic heterocycles. The molecule has 29 heavy (non-hydrogen) atoms. The van der Waals surface area contributed by atoms with Gasteiger partial charge in [0.15, 0.2) is 0 Å². The molecule has 154 valence electrons. The van der Waals surface area contributed by atoms with Gasteiger partial charge in [-0.1, -0.05) is 36.0 Å². The Hall–Kier alpha value is -1.82. The average molecular weight is 412 g/mol. The van der Waals surface area contributed by atoms with Crippen LogP contribution in [0.1, 0.15) is 55.5 Å². The summed E-state index contributed by atoms with van der Waals surface area (Å²) in [5, 5.41) is 12.2. The summed E-state index contributed by atoms with van der Waals surface area (Å²) in [4.78, 5) is 12.2. The van der Waals surface area contributed by atoms with Gasteiger partial charge in [0, 0.05) is 12.0 Å². The van der Waals surface area contributed by atoms with E-state index in [1.807, 2.05) is 12.1 Å². The number of hydrogen-bond donors (Lipinski definition) is 1. The molecule has 5 nitrogen and oxygen atoms in total. The van der Waals surface area contributed by atoms with Crippen molar-refractivity contribution in [2.45, 2.75) is 62.5 Å². The lowest BCUT2D eigenvalue weighted by Gasteiger charge is -2.55. The van der Waals surface area contributed by atoms with Gasteiger partial charge in [-0.15, -0.1) is 10.2 Å². The predicted octanol–water partition coefficient (Wildman–Crippen LogP) is 4.30. The van der Waals surface area contributed by atoms with E-state index in [9.17, 15) is 4.79 Å². The smallest absolute Gasteiger partial charge is 0.277 e. The molecule has 0 unspecified atom stereocenters. The Morgan fingerprint density at radius 3 is 2.52 bits per heavy atom. The summed E-state index contributed by atoms with van der Waals surface area (Å²) in [5.74, 6) is 3.71. The number of aromatic nitrogens is 2. The molecule has 1 amide bonds. The Morgan fingerprint density at radius 1 is 1.14 bits per heavy atom. The van der Waals surface area contributed by atoms with E-state index in [2.05, 4.69) is 34.6 Å². The summed E-state index contributed by atoms with van der Waals surface area (Å²) < 4.78 is 6.07. The zero-order valence-electron chi connectivity index (χ0n) is 17.0. The number of rotatable bonds is 7. The molecule has 1 aromatic carbocycles. The van der Waals surface area contributed by atoms with Gasteiger partial charge in [0.25, 0.3) is 5.22 Å². The highest BCUT2D eigenvalue weighted by Gasteiger charge is 2.54. The molecule has 6 rings (SSSR count). The molecule has 1 heterocycles. The number of carbonyl (C=O) groups is 1. The molecule has 0 atom stereocenters. The van der Waals surface area contributed by atoms with E-state index in [-0.39, 0.29) is 11.3 Å². The van der Waals surface area contributed by atoms with Crippen LogP contribution in [0.3, 0.4) is 0 Å². The fraction of sp³-hybridized carbons (Fsp3) is 0.609. The van der Waals surface area contributed by atoms with Crippen LogP contribution >= 0.6 is 11.8 Å². The maximum absolute atomic E-state index is 12.2. The topological polar surface area (TPSA) is 68.0 Å². The first-order chi connectivity index (χ1) is 14.1. The minimum atomic E-state index is 0.0122. The van der Waals surface area contributed by atoms with Gasteiger partial charge in [-0.25, -0.2) is 0 Å². The minimum Gasteiger partial charge on any atom is -0.415 e. The van der Waals surface area contributed by atoms with Gasteiger partial charge in [-0.05, 0) is 80.8 Å². The number of nitrogens with zero attached hydrogens (tertiary/aromatic N) is 2.